The van der Waals surface area contributed by atoms with Crippen molar-refractivity contribution < 1.29 is 37.8 Å². The molecule has 1 heterocycles. The highest BCUT2D eigenvalue weighted by molar-refractivity contribution is 6.01. The summed E-state index contributed by atoms with van der Waals surface area (Å²) >= 11 is 0. The number of carbonyl (C=O) groups is 5. The van der Waals surface area contributed by atoms with Crippen molar-refractivity contribution in [2.75, 3.05) is 33.4 Å². The number of halogens is 1. The van der Waals surface area contributed by atoms with Gasteiger partial charge in [-0.1, -0.05) is 56.3 Å². The van der Waals surface area contributed by atoms with Crippen LogP contribution in [0, 0.1) is 11.7 Å². The number of amides is 5. The summed E-state index contributed by atoms with van der Waals surface area (Å²) in [7, 11) is 1.47. The third-order valence-corrected chi connectivity index (χ3v) is 7.76. The fourth-order valence-electron chi connectivity index (χ4n) is 5.20. The molecule has 0 radical (unpaired) electrons. The van der Waals surface area contributed by atoms with Gasteiger partial charge < -0.3 is 35.6 Å². The summed E-state index contributed by atoms with van der Waals surface area (Å²) in [5.41, 5.74) is 1.06. The van der Waals surface area contributed by atoms with Crippen LogP contribution in [0.2, 0.25) is 0 Å². The first-order valence-electron chi connectivity index (χ1n) is 16.1. The van der Waals surface area contributed by atoms with Gasteiger partial charge in [0.2, 0.25) is 23.6 Å². The maximum absolute atomic E-state index is 13.6. The second-order valence-electron chi connectivity index (χ2n) is 12.1. The fraction of sp³-hybridized carbons (Fsp3) is 0.361. The van der Waals surface area contributed by atoms with Crippen molar-refractivity contribution in [1.82, 2.24) is 26.2 Å². The molecular formula is C36H42FN5O7. The third kappa shape index (κ3) is 11.1. The number of ether oxygens (including phenoxy) is 2. The van der Waals surface area contributed by atoms with Crippen LogP contribution in [0.25, 0.3) is 0 Å². The Kier molecular flexibility index (Phi) is 13.1. The van der Waals surface area contributed by atoms with Crippen LogP contribution in [-0.4, -0.2) is 85.9 Å². The molecule has 3 atom stereocenters. The van der Waals surface area contributed by atoms with E-state index in [-0.39, 0.29) is 43.5 Å². The highest BCUT2D eigenvalue weighted by Crippen LogP contribution is 2.19. The Morgan fingerprint density at radius 1 is 0.939 bits per heavy atom. The molecule has 4 rings (SSSR count). The fourth-order valence-corrected chi connectivity index (χ4v) is 5.20. The number of nitrogens with zero attached hydrogens (tertiary/aromatic N) is 1. The maximum Gasteiger partial charge on any atom is 0.255 e. The summed E-state index contributed by atoms with van der Waals surface area (Å²) in [5, 5.41) is 10.9. The Morgan fingerprint density at radius 3 is 2.35 bits per heavy atom. The molecule has 1 aliphatic rings. The predicted octanol–water partition coefficient (Wildman–Crippen LogP) is 2.23. The zero-order chi connectivity index (χ0) is 35.3. The van der Waals surface area contributed by atoms with Crippen molar-refractivity contribution in [2.24, 2.45) is 5.92 Å². The van der Waals surface area contributed by atoms with Crippen LogP contribution >= 0.6 is 0 Å². The van der Waals surface area contributed by atoms with Gasteiger partial charge in [-0.25, -0.2) is 4.39 Å². The first kappa shape index (κ1) is 36.4. The number of rotatable bonds is 8. The molecule has 5 amide bonds. The summed E-state index contributed by atoms with van der Waals surface area (Å²) in [5.74, 6) is -3.08. The minimum Gasteiger partial charge on any atom is -0.492 e. The molecule has 0 aliphatic carbocycles. The molecule has 0 fully saturated rings. The van der Waals surface area contributed by atoms with Crippen LogP contribution in [0.4, 0.5) is 4.39 Å². The van der Waals surface area contributed by atoms with E-state index >= 15 is 0 Å². The molecule has 0 aromatic heterocycles. The molecule has 3 aromatic carbocycles. The van der Waals surface area contributed by atoms with E-state index in [1.807, 2.05) is 30.3 Å². The Labute approximate surface area is 284 Å². The standard InChI is InChI=1S/C36H42FN5O7/c1-23(2)33-36(47)42(3)21-32(44)39-26(19-24-9-5-4-6-10-24)22-49-30-12-8-7-11-28(30)34(45)40-29(20-31(43)41-33)35(46)38-17-18-48-27-15-13-25(37)14-16-27/h4-16,23,26,29,33H,17-22H2,1-3H3,(H,38,46)(H,39,44)(H,40,45)(H,41,43)/t26-,29+,33+/m1/s1. The molecule has 0 saturated heterocycles. The van der Waals surface area contributed by atoms with E-state index in [2.05, 4.69) is 21.3 Å². The summed E-state index contributed by atoms with van der Waals surface area (Å²) in [4.78, 5) is 68.2. The van der Waals surface area contributed by atoms with Crippen LogP contribution in [0.1, 0.15) is 36.2 Å². The molecule has 0 spiro atoms. The van der Waals surface area contributed by atoms with Crippen molar-refractivity contribution in [3.8, 4) is 11.5 Å². The molecule has 0 unspecified atom stereocenters. The first-order valence-corrected chi connectivity index (χ1v) is 16.1. The van der Waals surface area contributed by atoms with Crippen molar-refractivity contribution >= 4 is 29.5 Å². The van der Waals surface area contributed by atoms with E-state index in [1.54, 1.807) is 32.0 Å². The Hall–Kier alpha value is -5.46. The Balaban J connectivity index is 1.58. The molecule has 49 heavy (non-hydrogen) atoms. The second kappa shape index (κ2) is 17.6. The van der Waals surface area contributed by atoms with Gasteiger partial charge in [0.15, 0.2) is 0 Å². The number of para-hydroxylation sites is 1. The summed E-state index contributed by atoms with van der Waals surface area (Å²) in [6, 6.07) is 18.4. The second-order valence-corrected chi connectivity index (χ2v) is 12.1. The molecule has 3 aromatic rings. The number of likely N-dealkylation sites (N-methyl/N-ethyl adjacent to an activating group) is 1. The van der Waals surface area contributed by atoms with E-state index < -0.39 is 59.9 Å². The smallest absolute Gasteiger partial charge is 0.255 e. The normalized spacial score (nSPS) is 19.4. The van der Waals surface area contributed by atoms with Gasteiger partial charge in [-0.3, -0.25) is 24.0 Å². The lowest BCUT2D eigenvalue weighted by atomic mass is 10.0. The molecule has 13 heteroatoms. The van der Waals surface area contributed by atoms with Crippen molar-refractivity contribution in [3.05, 3.63) is 95.8 Å². The SMILES string of the molecule is CC(C)[C@@H]1NC(=O)C[C@@H](C(=O)NCCOc2ccc(F)cc2)NC(=O)c2ccccc2OC[C@@H](Cc2ccccc2)NC(=O)CN(C)C1=O. The summed E-state index contributed by atoms with van der Waals surface area (Å²) in [6.45, 7) is 3.27. The van der Waals surface area contributed by atoms with Gasteiger partial charge in [-0.05, 0) is 54.3 Å². The zero-order valence-corrected chi connectivity index (χ0v) is 27.7. The Bertz CT molecular complexity index is 1600. The topological polar surface area (TPSA) is 155 Å². The zero-order valence-electron chi connectivity index (χ0n) is 27.7. The van der Waals surface area contributed by atoms with Crippen LogP contribution in [0.5, 0.6) is 11.5 Å². The van der Waals surface area contributed by atoms with Gasteiger partial charge in [-0.15, -0.1) is 0 Å². The van der Waals surface area contributed by atoms with E-state index in [0.29, 0.717) is 12.2 Å². The van der Waals surface area contributed by atoms with Crippen LogP contribution in [0.3, 0.4) is 0 Å². The number of nitrogens with one attached hydrogen (secondary N) is 4. The highest BCUT2D eigenvalue weighted by atomic mass is 19.1. The third-order valence-electron chi connectivity index (χ3n) is 7.76. The summed E-state index contributed by atoms with van der Waals surface area (Å²) in [6.07, 6.45) is -0.0737. The van der Waals surface area contributed by atoms with Gasteiger partial charge in [0.1, 0.15) is 42.6 Å². The van der Waals surface area contributed by atoms with E-state index in [0.717, 1.165) is 5.56 Å². The molecule has 0 bridgehead atoms. The molecule has 12 nitrogen and oxygen atoms in total. The monoisotopic (exact) mass is 675 g/mol. The van der Waals surface area contributed by atoms with Crippen molar-refractivity contribution in [3.63, 3.8) is 0 Å². The molecule has 260 valence electrons. The average molecular weight is 676 g/mol. The lowest BCUT2D eigenvalue weighted by Gasteiger charge is -2.28. The van der Waals surface area contributed by atoms with Gasteiger partial charge in [0, 0.05) is 7.05 Å². The average Bonchev–Trinajstić information content (AvgIpc) is 3.08. The Morgan fingerprint density at radius 2 is 1.63 bits per heavy atom. The maximum atomic E-state index is 13.6. The quantitative estimate of drug-likeness (QED) is 0.267. The minimum absolute atomic E-state index is 0.00474. The minimum atomic E-state index is -1.34. The van der Waals surface area contributed by atoms with Crippen LogP contribution in [0.15, 0.2) is 78.9 Å². The van der Waals surface area contributed by atoms with Gasteiger partial charge in [0.05, 0.1) is 31.1 Å². The lowest BCUT2D eigenvalue weighted by molar-refractivity contribution is -0.139. The van der Waals surface area contributed by atoms with Gasteiger partial charge in [-0.2, -0.15) is 0 Å². The highest BCUT2D eigenvalue weighted by Gasteiger charge is 2.32. The van der Waals surface area contributed by atoms with E-state index in [1.165, 1.54) is 42.3 Å². The number of benzene rings is 3. The molecular weight excluding hydrogens is 633 g/mol. The van der Waals surface area contributed by atoms with Crippen molar-refractivity contribution in [1.29, 1.82) is 0 Å². The molecule has 0 saturated carbocycles. The van der Waals surface area contributed by atoms with E-state index in [9.17, 15) is 28.4 Å². The lowest BCUT2D eigenvalue weighted by Crippen LogP contribution is -2.55. The number of fused-ring (bicyclic) bond motifs is 1. The number of hydrogen-bond donors (Lipinski definition) is 4. The molecule has 4 N–H and O–H groups in total. The first-order chi connectivity index (χ1) is 23.5. The number of carbonyl (C=O) groups excluding carboxylic acids is 5. The van der Waals surface area contributed by atoms with Crippen LogP contribution < -0.4 is 30.7 Å². The predicted molar refractivity (Wildman–Crippen MR) is 179 cm³/mol. The number of hydrogen-bond acceptors (Lipinski definition) is 7. The van der Waals surface area contributed by atoms with E-state index in [4.69, 9.17) is 9.47 Å². The van der Waals surface area contributed by atoms with Crippen LogP contribution in [-0.2, 0) is 25.6 Å². The largest absolute Gasteiger partial charge is 0.492 e. The van der Waals surface area contributed by atoms with Gasteiger partial charge in [0.25, 0.3) is 5.91 Å². The molecule has 1 aliphatic heterocycles. The summed E-state index contributed by atoms with van der Waals surface area (Å²) < 4.78 is 24.8. The van der Waals surface area contributed by atoms with Crippen molar-refractivity contribution in [2.45, 2.75) is 44.8 Å². The van der Waals surface area contributed by atoms with Gasteiger partial charge >= 0.3 is 0 Å².